The average molecular weight is 391 g/mol. The Balaban J connectivity index is 1.50. The van der Waals surface area contributed by atoms with Crippen LogP contribution in [-0.2, 0) is 4.79 Å². The highest BCUT2D eigenvalue weighted by Gasteiger charge is 2.23. The second-order valence-electron chi connectivity index (χ2n) is 5.96. The predicted octanol–water partition coefficient (Wildman–Crippen LogP) is 1.50. The molecule has 1 fully saturated rings. The SMILES string of the molecule is O=C(C[NH+]1CCN(c2ccccc2O)CC1)Nc1cccc(Br)c1. The van der Waals surface area contributed by atoms with Crippen molar-refractivity contribution in [2.75, 3.05) is 42.9 Å². The van der Waals surface area contributed by atoms with Gasteiger partial charge in [0.25, 0.3) is 5.91 Å². The van der Waals surface area contributed by atoms with Crippen molar-refractivity contribution < 1.29 is 14.8 Å². The van der Waals surface area contributed by atoms with Crippen molar-refractivity contribution in [1.82, 2.24) is 0 Å². The van der Waals surface area contributed by atoms with E-state index in [1.165, 1.54) is 4.90 Å². The van der Waals surface area contributed by atoms with Crippen LogP contribution in [0.15, 0.2) is 53.0 Å². The molecule has 24 heavy (non-hydrogen) atoms. The highest BCUT2D eigenvalue weighted by molar-refractivity contribution is 9.10. The molecule has 0 atom stereocenters. The van der Waals surface area contributed by atoms with Crippen LogP contribution in [0.4, 0.5) is 11.4 Å². The quantitative estimate of drug-likeness (QED) is 0.741. The molecule has 2 aromatic rings. The van der Waals surface area contributed by atoms with Crippen LogP contribution < -0.4 is 15.1 Å². The standard InChI is InChI=1S/C18H20BrN3O2/c19-14-4-3-5-15(12-14)20-18(24)13-21-8-10-22(11-9-21)16-6-1-2-7-17(16)23/h1-7,12,23H,8-11,13H2,(H,20,24)/p+1. The Morgan fingerprint density at radius 1 is 1.17 bits per heavy atom. The van der Waals surface area contributed by atoms with Gasteiger partial charge in [0.05, 0.1) is 31.9 Å². The number of benzene rings is 2. The van der Waals surface area contributed by atoms with Gasteiger partial charge in [0, 0.05) is 10.2 Å². The Labute approximate surface area is 150 Å². The number of amides is 1. The molecule has 5 nitrogen and oxygen atoms in total. The number of rotatable bonds is 4. The minimum atomic E-state index is 0.0270. The summed E-state index contributed by atoms with van der Waals surface area (Å²) in [7, 11) is 0. The Morgan fingerprint density at radius 2 is 1.92 bits per heavy atom. The lowest BCUT2D eigenvalue weighted by molar-refractivity contribution is -0.892. The molecular weight excluding hydrogens is 370 g/mol. The first-order valence-corrected chi connectivity index (χ1v) is 8.83. The monoisotopic (exact) mass is 390 g/mol. The number of halogens is 1. The zero-order valence-corrected chi connectivity index (χ0v) is 14.9. The fourth-order valence-corrected chi connectivity index (χ4v) is 3.37. The molecule has 3 N–H and O–H groups in total. The fraction of sp³-hybridized carbons (Fsp3) is 0.278. The molecule has 1 heterocycles. The highest BCUT2D eigenvalue weighted by Crippen LogP contribution is 2.25. The molecule has 1 amide bonds. The van der Waals surface area contributed by atoms with Gasteiger partial charge in [0.15, 0.2) is 6.54 Å². The van der Waals surface area contributed by atoms with E-state index in [9.17, 15) is 9.90 Å². The Kier molecular flexibility index (Phi) is 5.37. The van der Waals surface area contributed by atoms with Gasteiger partial charge in [-0.25, -0.2) is 0 Å². The van der Waals surface area contributed by atoms with Gasteiger partial charge in [-0.15, -0.1) is 0 Å². The van der Waals surface area contributed by atoms with E-state index < -0.39 is 0 Å². The van der Waals surface area contributed by atoms with Gasteiger partial charge in [0.1, 0.15) is 5.75 Å². The Morgan fingerprint density at radius 3 is 2.62 bits per heavy atom. The van der Waals surface area contributed by atoms with Crippen molar-refractivity contribution in [2.45, 2.75) is 0 Å². The summed E-state index contributed by atoms with van der Waals surface area (Å²) in [5.41, 5.74) is 1.68. The first-order valence-electron chi connectivity index (χ1n) is 8.04. The van der Waals surface area contributed by atoms with Crippen molar-refractivity contribution >= 4 is 33.2 Å². The summed E-state index contributed by atoms with van der Waals surface area (Å²) in [6.07, 6.45) is 0. The van der Waals surface area contributed by atoms with Gasteiger partial charge >= 0.3 is 0 Å². The van der Waals surface area contributed by atoms with Gasteiger partial charge in [-0.3, -0.25) is 4.79 Å². The number of hydrogen-bond acceptors (Lipinski definition) is 3. The number of aromatic hydroxyl groups is 1. The number of phenolic OH excluding ortho intramolecular Hbond substituents is 1. The molecule has 0 aromatic heterocycles. The molecule has 0 spiro atoms. The van der Waals surface area contributed by atoms with E-state index in [-0.39, 0.29) is 5.91 Å². The zero-order chi connectivity index (χ0) is 16.9. The van der Waals surface area contributed by atoms with Crippen LogP contribution >= 0.6 is 15.9 Å². The van der Waals surface area contributed by atoms with E-state index in [1.807, 2.05) is 42.5 Å². The fourth-order valence-electron chi connectivity index (χ4n) is 2.97. The minimum Gasteiger partial charge on any atom is -0.506 e. The molecule has 1 saturated heterocycles. The number of nitrogens with zero attached hydrogens (tertiary/aromatic N) is 1. The van der Waals surface area contributed by atoms with Gasteiger partial charge in [-0.1, -0.05) is 34.1 Å². The molecule has 0 bridgehead atoms. The van der Waals surface area contributed by atoms with Crippen LogP contribution in [0.1, 0.15) is 0 Å². The number of carbonyl (C=O) groups is 1. The molecule has 1 aliphatic rings. The van der Waals surface area contributed by atoms with E-state index >= 15 is 0 Å². The number of phenols is 1. The molecule has 1 aliphatic heterocycles. The molecular formula is C18H21BrN3O2+. The second kappa shape index (κ2) is 7.68. The molecule has 0 radical (unpaired) electrons. The molecule has 0 saturated carbocycles. The minimum absolute atomic E-state index is 0.0270. The summed E-state index contributed by atoms with van der Waals surface area (Å²) in [5.74, 6) is 0.340. The van der Waals surface area contributed by atoms with Gasteiger partial charge in [0.2, 0.25) is 0 Å². The summed E-state index contributed by atoms with van der Waals surface area (Å²) in [5, 5.41) is 12.9. The summed E-state index contributed by atoms with van der Waals surface area (Å²) in [6.45, 7) is 3.87. The Bertz CT molecular complexity index is 715. The Hall–Kier alpha value is -2.05. The van der Waals surface area contributed by atoms with Crippen LogP contribution in [0, 0.1) is 0 Å². The molecule has 2 aromatic carbocycles. The van der Waals surface area contributed by atoms with Crippen LogP contribution in [-0.4, -0.2) is 43.7 Å². The molecule has 0 aliphatic carbocycles. The van der Waals surface area contributed by atoms with E-state index in [0.717, 1.165) is 42.0 Å². The van der Waals surface area contributed by atoms with Crippen LogP contribution in [0.2, 0.25) is 0 Å². The largest absolute Gasteiger partial charge is 0.506 e. The summed E-state index contributed by atoms with van der Waals surface area (Å²) >= 11 is 3.40. The first-order chi connectivity index (χ1) is 11.6. The lowest BCUT2D eigenvalue weighted by atomic mass is 10.2. The average Bonchev–Trinajstić information content (AvgIpc) is 2.56. The zero-order valence-electron chi connectivity index (χ0n) is 13.3. The number of piperazine rings is 1. The van der Waals surface area contributed by atoms with E-state index in [4.69, 9.17) is 0 Å². The third kappa shape index (κ3) is 4.27. The number of para-hydroxylation sites is 2. The summed E-state index contributed by atoms with van der Waals surface area (Å²) in [4.78, 5) is 15.6. The number of hydrogen-bond donors (Lipinski definition) is 3. The third-order valence-corrected chi connectivity index (χ3v) is 4.71. The molecule has 6 heteroatoms. The van der Waals surface area contributed by atoms with Crippen molar-refractivity contribution in [3.8, 4) is 5.75 Å². The van der Waals surface area contributed by atoms with Crippen LogP contribution in [0.5, 0.6) is 5.75 Å². The van der Waals surface area contributed by atoms with Crippen LogP contribution in [0.3, 0.4) is 0 Å². The first kappa shape index (κ1) is 16.8. The lowest BCUT2D eigenvalue weighted by Gasteiger charge is -2.33. The predicted molar refractivity (Wildman–Crippen MR) is 98.7 cm³/mol. The molecule has 0 unspecified atom stereocenters. The van der Waals surface area contributed by atoms with Gasteiger partial charge < -0.3 is 20.2 Å². The normalized spacial score (nSPS) is 15.3. The maximum absolute atomic E-state index is 12.2. The van der Waals surface area contributed by atoms with Gasteiger partial charge in [-0.05, 0) is 30.3 Å². The van der Waals surface area contributed by atoms with E-state index in [0.29, 0.717) is 12.3 Å². The molecule has 126 valence electrons. The van der Waals surface area contributed by atoms with Crippen molar-refractivity contribution in [2.24, 2.45) is 0 Å². The number of anilines is 2. The number of quaternary nitrogens is 1. The maximum atomic E-state index is 12.2. The van der Waals surface area contributed by atoms with Crippen molar-refractivity contribution in [3.63, 3.8) is 0 Å². The smallest absolute Gasteiger partial charge is 0.279 e. The summed E-state index contributed by atoms with van der Waals surface area (Å²) < 4.78 is 0.948. The third-order valence-electron chi connectivity index (χ3n) is 4.21. The summed E-state index contributed by atoms with van der Waals surface area (Å²) in [6, 6.07) is 15.0. The number of carbonyl (C=O) groups excluding carboxylic acids is 1. The van der Waals surface area contributed by atoms with Crippen LogP contribution in [0.25, 0.3) is 0 Å². The van der Waals surface area contributed by atoms with Gasteiger partial charge in [-0.2, -0.15) is 0 Å². The van der Waals surface area contributed by atoms with E-state index in [1.54, 1.807) is 6.07 Å². The topological polar surface area (TPSA) is 57.0 Å². The van der Waals surface area contributed by atoms with Crippen molar-refractivity contribution in [1.29, 1.82) is 0 Å². The lowest BCUT2D eigenvalue weighted by Crippen LogP contribution is -3.15. The van der Waals surface area contributed by atoms with E-state index in [2.05, 4.69) is 26.1 Å². The second-order valence-corrected chi connectivity index (χ2v) is 6.88. The van der Waals surface area contributed by atoms with Crippen molar-refractivity contribution in [3.05, 3.63) is 53.0 Å². The molecule has 3 rings (SSSR count). The highest BCUT2D eigenvalue weighted by atomic mass is 79.9. The number of nitrogens with one attached hydrogen (secondary N) is 2. The maximum Gasteiger partial charge on any atom is 0.279 e.